The maximum Gasteiger partial charge on any atom is 0.0466 e. The molecule has 2 aromatic heterocycles. The van der Waals surface area contributed by atoms with Crippen LogP contribution in [0.5, 0.6) is 0 Å². The molecule has 0 saturated carbocycles. The van der Waals surface area contributed by atoms with Gasteiger partial charge in [-0.05, 0) is 103 Å². The summed E-state index contributed by atoms with van der Waals surface area (Å²) in [5.41, 5.74) is 13.0. The zero-order chi connectivity index (χ0) is 29.3. The topological polar surface area (TPSA) is 18.5 Å². The molecule has 2 aliphatic rings. The standard InChI is InChI=1S/C39H42O2S2/c1-4-11-25-14-16-26(17-15-25)34-24-31-27-18-19-28-36-29(20-21-30(35(27)36)39(31)43-34)38-33(13-8-10-23-41-6-3)42-32(37(28)38)12-7-9-22-40-5-2/h14-21,24H,4-13,22-23H2,1-3H3. The third-order valence-electron chi connectivity index (χ3n) is 9.09. The molecule has 222 valence electrons. The Bertz CT molecular complexity index is 1660. The quantitative estimate of drug-likeness (QED) is 0.108. The third kappa shape index (κ3) is 5.21. The molecule has 2 aliphatic carbocycles. The van der Waals surface area contributed by atoms with Gasteiger partial charge < -0.3 is 9.47 Å². The van der Waals surface area contributed by atoms with Crippen molar-refractivity contribution in [1.29, 1.82) is 0 Å². The molecule has 0 saturated heterocycles. The Morgan fingerprint density at radius 1 is 0.558 bits per heavy atom. The predicted octanol–water partition coefficient (Wildman–Crippen LogP) is 11.6. The second kappa shape index (κ2) is 12.7. The first-order valence-electron chi connectivity index (χ1n) is 16.4. The summed E-state index contributed by atoms with van der Waals surface area (Å²) in [5.74, 6) is 0. The van der Waals surface area contributed by atoms with Crippen molar-refractivity contribution in [1.82, 2.24) is 0 Å². The van der Waals surface area contributed by atoms with Gasteiger partial charge in [-0.2, -0.15) is 0 Å². The highest BCUT2D eigenvalue weighted by Crippen LogP contribution is 2.61. The highest BCUT2D eigenvalue weighted by atomic mass is 32.1. The molecular weight excluding hydrogens is 565 g/mol. The van der Waals surface area contributed by atoms with E-state index >= 15 is 0 Å². The number of benzene rings is 3. The zero-order valence-corrected chi connectivity index (χ0v) is 27.4. The molecule has 0 radical (unpaired) electrons. The number of rotatable bonds is 15. The van der Waals surface area contributed by atoms with Crippen LogP contribution in [-0.2, 0) is 28.7 Å². The maximum absolute atomic E-state index is 5.65. The largest absolute Gasteiger partial charge is 0.382 e. The molecule has 0 amide bonds. The van der Waals surface area contributed by atoms with E-state index in [1.807, 2.05) is 11.3 Å². The minimum absolute atomic E-state index is 0.806. The highest BCUT2D eigenvalue weighted by Gasteiger charge is 2.34. The van der Waals surface area contributed by atoms with E-state index in [0.717, 1.165) is 58.5 Å². The van der Waals surface area contributed by atoms with Crippen molar-refractivity contribution in [2.24, 2.45) is 0 Å². The molecule has 3 aromatic carbocycles. The van der Waals surface area contributed by atoms with Crippen LogP contribution < -0.4 is 0 Å². The van der Waals surface area contributed by atoms with E-state index in [-0.39, 0.29) is 0 Å². The van der Waals surface area contributed by atoms with E-state index in [1.165, 1.54) is 89.9 Å². The summed E-state index contributed by atoms with van der Waals surface area (Å²) in [5, 5.41) is 2.97. The van der Waals surface area contributed by atoms with Gasteiger partial charge in [0.25, 0.3) is 0 Å². The lowest BCUT2D eigenvalue weighted by atomic mass is 9.97. The van der Waals surface area contributed by atoms with Crippen LogP contribution in [0.3, 0.4) is 0 Å². The number of thiophene rings is 2. The SMILES string of the molecule is CCCc1ccc(-c2cc3c(s2)-c2ccc4c5c(ccc-3c25)-c2c(CCCCOCC)sc(CCCCOCC)c2-4)cc1. The Morgan fingerprint density at radius 3 is 1.74 bits per heavy atom. The van der Waals surface area contributed by atoms with E-state index in [2.05, 4.69) is 86.7 Å². The summed E-state index contributed by atoms with van der Waals surface area (Å²) in [6, 6.07) is 21.4. The average Bonchev–Trinajstić information content (AvgIpc) is 3.77. The molecule has 0 spiro atoms. The van der Waals surface area contributed by atoms with Crippen molar-refractivity contribution in [2.45, 2.75) is 72.1 Å². The van der Waals surface area contributed by atoms with Crippen LogP contribution in [-0.4, -0.2) is 26.4 Å². The molecule has 0 fully saturated rings. The molecule has 7 rings (SSSR count). The first-order valence-corrected chi connectivity index (χ1v) is 18.0. The predicted molar refractivity (Wildman–Crippen MR) is 187 cm³/mol. The second-order valence-electron chi connectivity index (χ2n) is 11.9. The van der Waals surface area contributed by atoms with Crippen molar-refractivity contribution in [3.05, 3.63) is 69.9 Å². The number of ether oxygens (including phenoxy) is 2. The van der Waals surface area contributed by atoms with Gasteiger partial charge in [-0.3, -0.25) is 0 Å². The van der Waals surface area contributed by atoms with Gasteiger partial charge in [-0.25, -0.2) is 0 Å². The van der Waals surface area contributed by atoms with Crippen molar-refractivity contribution < 1.29 is 9.47 Å². The van der Waals surface area contributed by atoms with Gasteiger partial charge in [0.15, 0.2) is 0 Å². The average molecular weight is 607 g/mol. The van der Waals surface area contributed by atoms with E-state index in [0.29, 0.717) is 0 Å². The Labute approximate surface area is 264 Å². The molecule has 4 heteroatoms. The summed E-state index contributed by atoms with van der Waals surface area (Å²) in [6.07, 6.45) is 9.22. The Hall–Kier alpha value is -2.76. The van der Waals surface area contributed by atoms with E-state index in [4.69, 9.17) is 9.47 Å². The lowest BCUT2D eigenvalue weighted by molar-refractivity contribution is 0.143. The minimum Gasteiger partial charge on any atom is -0.382 e. The number of aryl methyl sites for hydroxylation is 3. The van der Waals surface area contributed by atoms with E-state index in [9.17, 15) is 0 Å². The first kappa shape index (κ1) is 29.0. The van der Waals surface area contributed by atoms with Gasteiger partial charge in [0.1, 0.15) is 0 Å². The maximum atomic E-state index is 5.65. The van der Waals surface area contributed by atoms with Crippen LogP contribution >= 0.6 is 22.7 Å². The van der Waals surface area contributed by atoms with Gasteiger partial charge in [0, 0.05) is 68.2 Å². The smallest absolute Gasteiger partial charge is 0.0466 e. The summed E-state index contributed by atoms with van der Waals surface area (Å²) in [4.78, 5) is 5.95. The summed E-state index contributed by atoms with van der Waals surface area (Å²) >= 11 is 4.04. The molecule has 2 nitrogen and oxygen atoms in total. The fraction of sp³-hybridized carbons (Fsp3) is 0.385. The van der Waals surface area contributed by atoms with Crippen LogP contribution in [0.2, 0.25) is 0 Å². The third-order valence-corrected chi connectivity index (χ3v) is 11.6. The summed E-state index contributed by atoms with van der Waals surface area (Å²) < 4.78 is 11.3. The second-order valence-corrected chi connectivity index (χ2v) is 14.1. The van der Waals surface area contributed by atoms with Crippen LogP contribution in [0, 0.1) is 0 Å². The van der Waals surface area contributed by atoms with E-state index < -0.39 is 0 Å². The molecule has 2 heterocycles. The van der Waals surface area contributed by atoms with Gasteiger partial charge >= 0.3 is 0 Å². The molecule has 0 unspecified atom stereocenters. The molecule has 5 aromatic rings. The fourth-order valence-electron chi connectivity index (χ4n) is 7.10. The van der Waals surface area contributed by atoms with Crippen molar-refractivity contribution >= 4 is 33.4 Å². The van der Waals surface area contributed by atoms with Crippen LogP contribution in [0.25, 0.3) is 65.0 Å². The molecule has 0 atom stereocenters. The lowest BCUT2D eigenvalue weighted by Crippen LogP contribution is -1.94. The van der Waals surface area contributed by atoms with Gasteiger partial charge in [-0.1, -0.05) is 61.9 Å². The lowest BCUT2D eigenvalue weighted by Gasteiger charge is -2.09. The van der Waals surface area contributed by atoms with Crippen LogP contribution in [0.4, 0.5) is 0 Å². The Balaban J connectivity index is 1.25. The highest BCUT2D eigenvalue weighted by molar-refractivity contribution is 7.19. The first-order chi connectivity index (χ1) is 21.2. The zero-order valence-electron chi connectivity index (χ0n) is 25.8. The van der Waals surface area contributed by atoms with Gasteiger partial charge in [0.05, 0.1) is 0 Å². The molecular formula is C39H42O2S2. The van der Waals surface area contributed by atoms with Crippen molar-refractivity contribution in [3.63, 3.8) is 0 Å². The Morgan fingerprint density at radius 2 is 1.14 bits per heavy atom. The van der Waals surface area contributed by atoms with Gasteiger partial charge in [-0.15, -0.1) is 22.7 Å². The minimum atomic E-state index is 0.806. The molecule has 0 N–H and O–H groups in total. The van der Waals surface area contributed by atoms with Gasteiger partial charge in [0.2, 0.25) is 0 Å². The summed E-state index contributed by atoms with van der Waals surface area (Å²) in [7, 11) is 0. The number of hydrogen-bond acceptors (Lipinski definition) is 4. The van der Waals surface area contributed by atoms with Crippen molar-refractivity contribution in [2.75, 3.05) is 26.4 Å². The summed E-state index contributed by atoms with van der Waals surface area (Å²) in [6.45, 7) is 9.76. The number of unbranched alkanes of at least 4 members (excludes halogenated alkanes) is 2. The molecule has 0 bridgehead atoms. The van der Waals surface area contributed by atoms with Crippen LogP contribution in [0.1, 0.15) is 68.2 Å². The van der Waals surface area contributed by atoms with E-state index in [1.54, 1.807) is 9.75 Å². The van der Waals surface area contributed by atoms with Crippen LogP contribution in [0.15, 0.2) is 54.6 Å². The fourth-order valence-corrected chi connectivity index (χ4v) is 9.73. The normalized spacial score (nSPS) is 12.4. The molecule has 43 heavy (non-hydrogen) atoms. The number of fused-ring (bicyclic) bond motifs is 6. The van der Waals surface area contributed by atoms with Crippen molar-refractivity contribution in [3.8, 4) is 54.3 Å². The molecule has 0 aliphatic heterocycles. The Kier molecular flexibility index (Phi) is 8.55. The number of hydrogen-bond donors (Lipinski definition) is 0. The monoisotopic (exact) mass is 606 g/mol.